The molecular formula is C30H31F4N2O3+. The first-order chi connectivity index (χ1) is 18.7. The highest BCUT2D eigenvalue weighted by atomic mass is 19.2. The Morgan fingerprint density at radius 1 is 0.949 bits per heavy atom. The molecule has 2 bridgehead atoms. The lowest BCUT2D eigenvalue weighted by Crippen LogP contribution is -2.65. The van der Waals surface area contributed by atoms with Crippen LogP contribution in [0.4, 0.5) is 28.0 Å². The number of hydrogen-bond acceptors (Lipinski definition) is 3. The Hall–Kier alpha value is -3.59. The number of nitrogens with zero attached hydrogens (tertiary/aromatic N) is 2. The molecule has 0 aliphatic carbocycles. The van der Waals surface area contributed by atoms with E-state index in [0.717, 1.165) is 72.2 Å². The molecule has 0 radical (unpaired) electrons. The first kappa shape index (κ1) is 27.0. The normalized spacial score (nSPS) is 22.0. The average Bonchev–Trinajstić information content (AvgIpc) is 2.94. The highest BCUT2D eigenvalue weighted by molar-refractivity contribution is 5.87. The summed E-state index contributed by atoms with van der Waals surface area (Å²) < 4.78 is 67.4. The van der Waals surface area contributed by atoms with Gasteiger partial charge in [0, 0.05) is 25.2 Å². The number of amides is 1. The Balaban J connectivity index is 1.31. The first-order valence-corrected chi connectivity index (χ1v) is 13.1. The van der Waals surface area contributed by atoms with Gasteiger partial charge in [-0.25, -0.2) is 22.4 Å². The SMILES string of the molecule is COc1ccc(CC[N+]23CCC(CC2)[C@@H](OC(=O)N(Cc2cc(F)c(F)c(F)c2)c2cccc(F)c2)C3)cc1. The Bertz CT molecular complexity index is 1300. The second-order valence-corrected chi connectivity index (χ2v) is 10.5. The van der Waals surface area contributed by atoms with E-state index in [0.29, 0.717) is 6.54 Å². The number of ether oxygens (including phenoxy) is 2. The number of piperidine rings is 3. The number of carbonyl (C=O) groups excluding carboxylic acids is 1. The Morgan fingerprint density at radius 3 is 2.28 bits per heavy atom. The summed E-state index contributed by atoms with van der Waals surface area (Å²) >= 11 is 0. The predicted molar refractivity (Wildman–Crippen MR) is 138 cm³/mol. The van der Waals surface area contributed by atoms with Crippen molar-refractivity contribution in [2.45, 2.75) is 31.9 Å². The summed E-state index contributed by atoms with van der Waals surface area (Å²) in [6.45, 7) is 3.29. The standard InChI is InChI=1S/C30H31F4N2O3/c1-38-25-7-5-20(6-8-25)9-12-36-13-10-22(11-14-36)28(19-36)39-30(37)35(24-4-2-3-23(31)17-24)18-21-15-26(32)29(34)27(33)16-21/h2-8,15-17,22,28H,9-14,18-19H2,1H3/q+1/t22?,28-,36?/m0/s1. The van der Waals surface area contributed by atoms with Gasteiger partial charge < -0.3 is 14.0 Å². The van der Waals surface area contributed by atoms with Gasteiger partial charge in [-0.05, 0) is 53.6 Å². The average molecular weight is 544 g/mol. The monoisotopic (exact) mass is 543 g/mol. The number of benzene rings is 3. The van der Waals surface area contributed by atoms with E-state index in [1.807, 2.05) is 12.1 Å². The van der Waals surface area contributed by atoms with Crippen LogP contribution in [0, 0.1) is 29.2 Å². The summed E-state index contributed by atoms with van der Waals surface area (Å²) in [5, 5.41) is 0. The molecule has 206 valence electrons. The number of hydrogen-bond donors (Lipinski definition) is 0. The summed E-state index contributed by atoms with van der Waals surface area (Å²) in [7, 11) is 1.64. The molecule has 1 atom stereocenters. The number of fused-ring (bicyclic) bond motifs is 3. The van der Waals surface area contributed by atoms with Crippen LogP contribution in [0.5, 0.6) is 5.75 Å². The van der Waals surface area contributed by atoms with Crippen molar-refractivity contribution in [3.63, 3.8) is 0 Å². The highest BCUT2D eigenvalue weighted by Crippen LogP contribution is 2.36. The third-order valence-corrected chi connectivity index (χ3v) is 8.05. The van der Waals surface area contributed by atoms with E-state index in [1.165, 1.54) is 23.8 Å². The molecule has 6 rings (SSSR count). The van der Waals surface area contributed by atoms with Crippen molar-refractivity contribution in [1.82, 2.24) is 0 Å². The molecule has 0 unspecified atom stereocenters. The third-order valence-electron chi connectivity index (χ3n) is 8.05. The molecule has 3 fully saturated rings. The predicted octanol–water partition coefficient (Wildman–Crippen LogP) is 6.25. The summed E-state index contributed by atoms with van der Waals surface area (Å²) in [6.07, 6.45) is 1.66. The van der Waals surface area contributed by atoms with Gasteiger partial charge in [-0.15, -0.1) is 0 Å². The summed E-state index contributed by atoms with van der Waals surface area (Å²) in [5.74, 6) is -3.87. The van der Waals surface area contributed by atoms with Gasteiger partial charge in [-0.3, -0.25) is 4.90 Å². The fraction of sp³-hybridized carbons (Fsp3) is 0.367. The molecule has 3 heterocycles. The number of anilines is 1. The van der Waals surface area contributed by atoms with Crippen LogP contribution >= 0.6 is 0 Å². The van der Waals surface area contributed by atoms with Gasteiger partial charge in [0.15, 0.2) is 23.6 Å². The topological polar surface area (TPSA) is 38.8 Å². The number of halogens is 4. The van der Waals surface area contributed by atoms with Crippen LogP contribution in [0.3, 0.4) is 0 Å². The van der Waals surface area contributed by atoms with Crippen molar-refractivity contribution >= 4 is 11.8 Å². The molecule has 0 aromatic heterocycles. The van der Waals surface area contributed by atoms with E-state index in [4.69, 9.17) is 9.47 Å². The van der Waals surface area contributed by atoms with Gasteiger partial charge in [-0.2, -0.15) is 0 Å². The Morgan fingerprint density at radius 2 is 1.64 bits per heavy atom. The van der Waals surface area contributed by atoms with Gasteiger partial charge in [-0.1, -0.05) is 18.2 Å². The Labute approximate surface area is 225 Å². The second kappa shape index (κ2) is 11.3. The number of methoxy groups -OCH3 is 1. The fourth-order valence-corrected chi connectivity index (χ4v) is 5.81. The van der Waals surface area contributed by atoms with Crippen molar-refractivity contribution in [3.8, 4) is 5.75 Å². The lowest BCUT2D eigenvalue weighted by atomic mass is 9.83. The van der Waals surface area contributed by atoms with Crippen LogP contribution in [0.1, 0.15) is 24.0 Å². The van der Waals surface area contributed by atoms with Crippen LogP contribution in [0.25, 0.3) is 0 Å². The van der Waals surface area contributed by atoms with Crippen molar-refractivity contribution in [1.29, 1.82) is 0 Å². The van der Waals surface area contributed by atoms with Crippen molar-refractivity contribution in [2.24, 2.45) is 5.92 Å². The molecule has 0 spiro atoms. The molecule has 39 heavy (non-hydrogen) atoms. The lowest BCUT2D eigenvalue weighted by Gasteiger charge is -2.52. The van der Waals surface area contributed by atoms with E-state index in [-0.39, 0.29) is 29.8 Å². The lowest BCUT2D eigenvalue weighted by molar-refractivity contribution is -0.945. The van der Waals surface area contributed by atoms with Crippen LogP contribution in [-0.2, 0) is 17.7 Å². The number of carbonyl (C=O) groups is 1. The van der Waals surface area contributed by atoms with Crippen LogP contribution in [0.2, 0.25) is 0 Å². The van der Waals surface area contributed by atoms with Gasteiger partial charge >= 0.3 is 6.09 Å². The maximum Gasteiger partial charge on any atom is 0.415 e. The van der Waals surface area contributed by atoms with Gasteiger partial charge in [0.2, 0.25) is 0 Å². The molecule has 9 heteroatoms. The summed E-state index contributed by atoms with van der Waals surface area (Å²) in [5.41, 5.74) is 1.40. The molecule has 3 aliphatic rings. The van der Waals surface area contributed by atoms with Gasteiger partial charge in [0.25, 0.3) is 0 Å². The molecule has 3 aromatic carbocycles. The maximum absolute atomic E-state index is 14.1. The summed E-state index contributed by atoms with van der Waals surface area (Å²) in [4.78, 5) is 14.6. The molecule has 0 N–H and O–H groups in total. The molecular weight excluding hydrogens is 512 g/mol. The molecule has 3 saturated heterocycles. The molecule has 3 aliphatic heterocycles. The van der Waals surface area contributed by atoms with Crippen molar-refractivity contribution in [2.75, 3.05) is 38.2 Å². The van der Waals surface area contributed by atoms with E-state index in [2.05, 4.69) is 12.1 Å². The number of rotatable bonds is 8. The highest BCUT2D eigenvalue weighted by Gasteiger charge is 2.47. The van der Waals surface area contributed by atoms with Gasteiger partial charge in [0.05, 0.1) is 39.0 Å². The van der Waals surface area contributed by atoms with Crippen molar-refractivity contribution < 1.29 is 36.3 Å². The minimum atomic E-state index is -1.59. The van der Waals surface area contributed by atoms with E-state index in [9.17, 15) is 22.4 Å². The minimum absolute atomic E-state index is 0.0181. The molecule has 5 nitrogen and oxygen atoms in total. The molecule has 1 amide bonds. The van der Waals surface area contributed by atoms with E-state index >= 15 is 0 Å². The third kappa shape index (κ3) is 6.03. The first-order valence-electron chi connectivity index (χ1n) is 13.1. The molecule has 0 saturated carbocycles. The van der Waals surface area contributed by atoms with E-state index in [1.54, 1.807) is 7.11 Å². The van der Waals surface area contributed by atoms with E-state index < -0.39 is 29.4 Å². The van der Waals surface area contributed by atoms with Crippen LogP contribution < -0.4 is 9.64 Å². The van der Waals surface area contributed by atoms with Crippen molar-refractivity contribution in [3.05, 3.63) is 95.1 Å². The second-order valence-electron chi connectivity index (χ2n) is 10.5. The van der Waals surface area contributed by atoms with Crippen LogP contribution in [0.15, 0.2) is 60.7 Å². The number of quaternary nitrogens is 1. The zero-order valence-electron chi connectivity index (χ0n) is 21.7. The fourth-order valence-electron chi connectivity index (χ4n) is 5.81. The Kier molecular flexibility index (Phi) is 7.79. The minimum Gasteiger partial charge on any atom is -0.497 e. The molecule has 3 aromatic rings. The maximum atomic E-state index is 14.1. The summed E-state index contributed by atoms with van der Waals surface area (Å²) in [6, 6.07) is 15.0. The zero-order chi connectivity index (χ0) is 27.6. The zero-order valence-corrected chi connectivity index (χ0v) is 21.7. The quantitative estimate of drug-likeness (QED) is 0.192. The van der Waals surface area contributed by atoms with Crippen LogP contribution in [-0.4, -0.2) is 50.0 Å². The largest absolute Gasteiger partial charge is 0.497 e. The smallest absolute Gasteiger partial charge is 0.415 e. The van der Waals surface area contributed by atoms with Gasteiger partial charge in [0.1, 0.15) is 18.1 Å².